The largest absolute Gasteiger partial charge is 0.508 e. The van der Waals surface area contributed by atoms with Crippen molar-refractivity contribution < 1.29 is 19.0 Å². The van der Waals surface area contributed by atoms with Crippen LogP contribution in [0.4, 0.5) is 20.6 Å². The molecule has 4 rings (SSSR count). The topological polar surface area (TPSA) is 74.7 Å². The summed E-state index contributed by atoms with van der Waals surface area (Å²) in [7, 11) is 0. The van der Waals surface area contributed by atoms with Crippen molar-refractivity contribution in [3.63, 3.8) is 0 Å². The molecule has 1 aromatic heterocycles. The molecule has 7 heteroatoms. The van der Waals surface area contributed by atoms with Crippen molar-refractivity contribution in [2.75, 3.05) is 10.2 Å². The molecule has 142 valence electrons. The first kappa shape index (κ1) is 17.8. The van der Waals surface area contributed by atoms with Crippen molar-refractivity contribution in [3.05, 3.63) is 77.4 Å². The van der Waals surface area contributed by atoms with Crippen molar-refractivity contribution in [2.45, 2.75) is 20.1 Å². The number of nitrogens with zero attached hydrogens (tertiary/aromatic N) is 2. The summed E-state index contributed by atoms with van der Waals surface area (Å²) in [4.78, 5) is 18.1. The van der Waals surface area contributed by atoms with Crippen molar-refractivity contribution in [1.29, 1.82) is 0 Å². The van der Waals surface area contributed by atoms with Crippen molar-refractivity contribution in [2.24, 2.45) is 0 Å². The Morgan fingerprint density at radius 2 is 2.11 bits per heavy atom. The number of hydrogen-bond acceptors (Lipinski definition) is 4. The van der Waals surface area contributed by atoms with E-state index in [-0.39, 0.29) is 30.6 Å². The summed E-state index contributed by atoms with van der Waals surface area (Å²) in [5.74, 6) is 0.178. The Labute approximate surface area is 161 Å². The van der Waals surface area contributed by atoms with Crippen LogP contribution in [-0.4, -0.2) is 16.1 Å². The first-order valence-corrected chi connectivity index (χ1v) is 8.75. The Morgan fingerprint density at radius 3 is 2.93 bits per heavy atom. The van der Waals surface area contributed by atoms with Gasteiger partial charge >= 0.3 is 6.03 Å². The molecule has 0 saturated heterocycles. The zero-order chi connectivity index (χ0) is 19.7. The third kappa shape index (κ3) is 3.34. The number of urea groups is 1. The number of carbonyl (C=O) groups is 1. The van der Waals surface area contributed by atoms with E-state index in [0.717, 1.165) is 5.56 Å². The van der Waals surface area contributed by atoms with Crippen molar-refractivity contribution in [3.8, 4) is 11.5 Å². The molecule has 6 nitrogen and oxygen atoms in total. The molecule has 2 amide bonds. The van der Waals surface area contributed by atoms with Crippen LogP contribution in [0.2, 0.25) is 0 Å². The van der Waals surface area contributed by atoms with E-state index in [9.17, 15) is 14.3 Å². The van der Waals surface area contributed by atoms with Crippen LogP contribution in [0.15, 0.2) is 54.7 Å². The number of carbonyl (C=O) groups excluding carboxylic acids is 1. The maximum Gasteiger partial charge on any atom is 0.326 e. The number of rotatable bonds is 4. The fraction of sp³-hybridized carbons (Fsp3) is 0.143. The highest BCUT2D eigenvalue weighted by Crippen LogP contribution is 2.35. The zero-order valence-corrected chi connectivity index (χ0v) is 15.1. The number of anilines is 2. The summed E-state index contributed by atoms with van der Waals surface area (Å²) < 4.78 is 19.4. The molecule has 2 heterocycles. The van der Waals surface area contributed by atoms with E-state index >= 15 is 0 Å². The molecule has 2 aromatic carbocycles. The molecule has 1 aliphatic heterocycles. The second-order valence-electron chi connectivity index (χ2n) is 6.49. The molecule has 3 aromatic rings. The highest BCUT2D eigenvalue weighted by molar-refractivity contribution is 6.05. The lowest BCUT2D eigenvalue weighted by Gasteiger charge is -2.31. The van der Waals surface area contributed by atoms with Gasteiger partial charge in [-0.25, -0.2) is 9.18 Å². The van der Waals surface area contributed by atoms with E-state index in [4.69, 9.17) is 4.74 Å². The number of ether oxygens (including phenoxy) is 1. The van der Waals surface area contributed by atoms with Crippen LogP contribution in [0.5, 0.6) is 11.5 Å². The molecule has 1 aliphatic rings. The van der Waals surface area contributed by atoms with Gasteiger partial charge < -0.3 is 15.2 Å². The van der Waals surface area contributed by atoms with Gasteiger partial charge in [-0.05, 0) is 42.8 Å². The third-order valence-electron chi connectivity index (χ3n) is 4.64. The molecule has 0 saturated carbocycles. The van der Waals surface area contributed by atoms with Crippen LogP contribution in [0.1, 0.15) is 16.8 Å². The summed E-state index contributed by atoms with van der Waals surface area (Å²) in [5, 5.41) is 12.9. The minimum atomic E-state index is -0.433. The van der Waals surface area contributed by atoms with Gasteiger partial charge in [-0.15, -0.1) is 0 Å². The van der Waals surface area contributed by atoms with E-state index in [1.807, 2.05) is 13.0 Å². The van der Waals surface area contributed by atoms with Crippen LogP contribution >= 0.6 is 0 Å². The predicted molar refractivity (Wildman–Crippen MR) is 103 cm³/mol. The van der Waals surface area contributed by atoms with Crippen molar-refractivity contribution >= 4 is 17.4 Å². The van der Waals surface area contributed by atoms with Gasteiger partial charge in [0, 0.05) is 17.8 Å². The lowest BCUT2D eigenvalue weighted by molar-refractivity contribution is 0.255. The van der Waals surface area contributed by atoms with Crippen LogP contribution in [0.25, 0.3) is 0 Å². The van der Waals surface area contributed by atoms with Gasteiger partial charge in [0.25, 0.3) is 0 Å². The number of nitrogens with one attached hydrogen (secondary N) is 1. The number of hydrogen-bond donors (Lipinski definition) is 2. The quantitative estimate of drug-likeness (QED) is 0.706. The van der Waals surface area contributed by atoms with E-state index in [2.05, 4.69) is 10.3 Å². The average molecular weight is 379 g/mol. The van der Waals surface area contributed by atoms with Crippen molar-refractivity contribution in [1.82, 2.24) is 4.98 Å². The first-order chi connectivity index (χ1) is 13.5. The zero-order valence-electron chi connectivity index (χ0n) is 15.1. The number of phenolic OH excluding ortho intramolecular Hbond substituents is 1. The molecular formula is C21H18FN3O3. The standard InChI is InChI=1S/C21H18FN3O3/c1-13-7-8-14(28-12-18-16(22)4-3-9-23-18)10-19(13)25-11-15-17(24-21(25)27)5-2-6-20(15)26/h2-10,26H,11-12H2,1H3,(H,24,27). The van der Waals surface area contributed by atoms with Crippen LogP contribution in [-0.2, 0) is 13.2 Å². The van der Waals surface area contributed by atoms with E-state index in [0.29, 0.717) is 22.7 Å². The minimum absolute atomic E-state index is 0.0228. The van der Waals surface area contributed by atoms with Crippen LogP contribution in [0, 0.1) is 12.7 Å². The number of amides is 2. The molecule has 0 atom stereocenters. The van der Waals surface area contributed by atoms with Crippen LogP contribution in [0.3, 0.4) is 0 Å². The minimum Gasteiger partial charge on any atom is -0.508 e. The Kier molecular flexibility index (Phi) is 4.57. The number of aromatic nitrogens is 1. The second-order valence-corrected chi connectivity index (χ2v) is 6.49. The number of aromatic hydroxyl groups is 1. The molecule has 2 N–H and O–H groups in total. The van der Waals surface area contributed by atoms with E-state index in [1.54, 1.807) is 30.3 Å². The number of phenols is 1. The van der Waals surface area contributed by atoms with E-state index < -0.39 is 5.82 Å². The smallest absolute Gasteiger partial charge is 0.326 e. The van der Waals surface area contributed by atoms with Gasteiger partial charge in [0.05, 0.1) is 17.9 Å². The first-order valence-electron chi connectivity index (χ1n) is 8.75. The summed E-state index contributed by atoms with van der Waals surface area (Å²) in [6, 6.07) is 12.9. The molecule has 0 aliphatic carbocycles. The molecule has 0 bridgehead atoms. The third-order valence-corrected chi connectivity index (χ3v) is 4.64. The lowest BCUT2D eigenvalue weighted by atomic mass is 10.1. The summed E-state index contributed by atoms with van der Waals surface area (Å²) in [5.41, 5.74) is 2.95. The Hall–Kier alpha value is -3.61. The van der Waals surface area contributed by atoms with Gasteiger partial charge in [0.2, 0.25) is 0 Å². The van der Waals surface area contributed by atoms with Gasteiger partial charge in [-0.3, -0.25) is 9.88 Å². The summed E-state index contributed by atoms with van der Waals surface area (Å²) in [6.45, 7) is 2.09. The summed E-state index contributed by atoms with van der Waals surface area (Å²) in [6.07, 6.45) is 1.50. The molecule has 0 radical (unpaired) electrons. The number of halogens is 1. The van der Waals surface area contributed by atoms with Gasteiger partial charge in [-0.2, -0.15) is 0 Å². The fourth-order valence-corrected chi connectivity index (χ4v) is 3.11. The van der Waals surface area contributed by atoms with E-state index in [1.165, 1.54) is 23.2 Å². The lowest BCUT2D eigenvalue weighted by Crippen LogP contribution is -2.39. The predicted octanol–water partition coefficient (Wildman–Crippen LogP) is 4.37. The second kappa shape index (κ2) is 7.19. The van der Waals surface area contributed by atoms with Gasteiger partial charge in [-0.1, -0.05) is 12.1 Å². The Balaban J connectivity index is 1.60. The highest BCUT2D eigenvalue weighted by atomic mass is 19.1. The summed E-state index contributed by atoms with van der Waals surface area (Å²) >= 11 is 0. The number of fused-ring (bicyclic) bond motifs is 1. The van der Waals surface area contributed by atoms with Gasteiger partial charge in [0.15, 0.2) is 0 Å². The highest BCUT2D eigenvalue weighted by Gasteiger charge is 2.27. The monoisotopic (exact) mass is 379 g/mol. The average Bonchev–Trinajstić information content (AvgIpc) is 2.68. The Bertz CT molecular complexity index is 1050. The maximum atomic E-state index is 13.7. The van der Waals surface area contributed by atoms with Crippen LogP contribution < -0.4 is 15.0 Å². The number of aryl methyl sites for hydroxylation is 1. The van der Waals surface area contributed by atoms with Gasteiger partial charge in [0.1, 0.15) is 29.6 Å². The molecule has 0 unspecified atom stereocenters. The fourth-order valence-electron chi connectivity index (χ4n) is 3.11. The molecule has 0 fully saturated rings. The molecular weight excluding hydrogens is 361 g/mol. The Morgan fingerprint density at radius 1 is 1.25 bits per heavy atom. The normalized spacial score (nSPS) is 13.1. The maximum absolute atomic E-state index is 13.7. The number of benzene rings is 2. The molecule has 0 spiro atoms. The molecule has 28 heavy (non-hydrogen) atoms. The number of pyridine rings is 1. The SMILES string of the molecule is Cc1ccc(OCc2ncccc2F)cc1N1Cc2c(O)cccc2NC1=O.